The Hall–Kier alpha value is -8.80. The number of nitrogens with zero attached hydrogens (tertiary/aromatic N) is 4. The number of anilines is 2. The van der Waals surface area contributed by atoms with Crippen molar-refractivity contribution in [3.05, 3.63) is 117 Å². The zero-order valence-corrected chi connectivity index (χ0v) is 83.9. The van der Waals surface area contributed by atoms with Gasteiger partial charge in [-0.05, 0) is 99.9 Å². The molecule has 0 saturated carbocycles. The molecule has 18 heteroatoms. The summed E-state index contributed by atoms with van der Waals surface area (Å²) in [6.07, 6.45) is 70.9. The molecule has 6 aromatic rings. The van der Waals surface area contributed by atoms with E-state index in [9.17, 15) is 19.2 Å². The Kier molecular flexibility index (Phi) is 49.1. The van der Waals surface area contributed by atoms with Gasteiger partial charge in [-0.15, -0.1) is 0 Å². The molecule has 0 unspecified atom stereocenters. The Morgan fingerprint density at radius 3 is 0.500 bits per heavy atom. The van der Waals surface area contributed by atoms with Gasteiger partial charge in [0.1, 0.15) is 0 Å². The van der Waals surface area contributed by atoms with Gasteiger partial charge >= 0.3 is 0 Å². The molecule has 0 atom stereocenters. The number of hydrogen-bond acceptors (Lipinski definition) is 14. The van der Waals surface area contributed by atoms with Crippen molar-refractivity contribution in [3.63, 3.8) is 0 Å². The van der Waals surface area contributed by atoms with Gasteiger partial charge in [0, 0.05) is 103 Å². The summed E-state index contributed by atoms with van der Waals surface area (Å²) in [4.78, 5) is 125. The van der Waals surface area contributed by atoms with E-state index in [0.717, 1.165) is 135 Å². The molecule has 0 aliphatic carbocycles. The van der Waals surface area contributed by atoms with Crippen molar-refractivity contribution in [2.45, 2.75) is 440 Å². The van der Waals surface area contributed by atoms with Crippen LogP contribution in [0, 0.1) is 0 Å². The van der Waals surface area contributed by atoms with E-state index in [1.807, 2.05) is 0 Å². The third-order valence-corrected chi connectivity index (χ3v) is 28.0. The first-order valence-corrected chi connectivity index (χ1v) is 54.7. The lowest BCUT2D eigenvalue weighted by molar-refractivity contribution is 0.0570. The molecule has 0 aromatic heterocycles. The van der Waals surface area contributed by atoms with E-state index >= 15 is 19.2 Å². The molecule has 6 aromatic carbocycles. The molecule has 4 aliphatic rings. The van der Waals surface area contributed by atoms with Crippen molar-refractivity contribution in [1.29, 1.82) is 0 Å². The molecule has 0 fully saturated rings. The highest BCUT2D eigenvalue weighted by Gasteiger charge is 2.44. The number of rotatable bonds is 79. The summed E-state index contributed by atoms with van der Waals surface area (Å²) in [5.74, 6) is -2.30. The van der Waals surface area contributed by atoms with Crippen LogP contribution in [0.3, 0.4) is 0 Å². The number of carbonyl (C=O) groups excluding carboxylic acids is 8. The molecule has 134 heavy (non-hydrogen) atoms. The predicted octanol–water partition coefficient (Wildman–Crippen LogP) is 32.1. The van der Waals surface area contributed by atoms with Gasteiger partial charge in [0.05, 0.1) is 51.0 Å². The van der Waals surface area contributed by atoms with Crippen LogP contribution in [0.25, 0.3) is 21.5 Å². The number of amides is 8. The van der Waals surface area contributed by atoms with Crippen LogP contribution in [-0.4, -0.2) is 110 Å². The first-order chi connectivity index (χ1) is 65.8. The Bertz CT molecular complexity index is 4100. The van der Waals surface area contributed by atoms with Crippen molar-refractivity contribution in [2.24, 2.45) is 0 Å². The van der Waals surface area contributed by atoms with E-state index in [1.54, 1.807) is 72.8 Å². The predicted molar refractivity (Wildman–Crippen MR) is 547 cm³/mol. The van der Waals surface area contributed by atoms with Gasteiger partial charge in [-0.3, -0.25) is 48.2 Å². The summed E-state index contributed by atoms with van der Waals surface area (Å²) in [7, 11) is 0. The van der Waals surface area contributed by atoms with E-state index in [2.05, 4.69) is 41.5 Å². The van der Waals surface area contributed by atoms with Gasteiger partial charge in [-0.1, -0.05) is 388 Å². The van der Waals surface area contributed by atoms with Crippen LogP contribution in [0.2, 0.25) is 0 Å². The molecule has 0 radical (unpaired) electrons. The summed E-state index contributed by atoms with van der Waals surface area (Å²) >= 11 is 0. The SMILES string of the molecule is CCCCCCCCCCCCOc1cc(N2C(=O)c3ccc4c5c(ccc(c35)C2=O)C(=O)N(CCCCN2C(=O)c3ccc5c6c(ccc(c36)C2=O)C(=O)N(c2cc(OCCCCCCCCCCCC)c(OCCCCCCCCCCCC)c(OCCCCCCCCCCCC)c2)C5=O)C4=O)cc(OCCCCCCCCCCCC)c1OCCCCCCCCCCCC. The quantitative estimate of drug-likeness (QED) is 0.0257. The van der Waals surface area contributed by atoms with Crippen LogP contribution in [0.4, 0.5) is 11.4 Å². The molecule has 0 bridgehead atoms. The van der Waals surface area contributed by atoms with E-state index in [4.69, 9.17) is 28.4 Å². The number of imide groups is 4. The number of unbranched alkanes of at least 4 members (excludes halogenated alkanes) is 55. The van der Waals surface area contributed by atoms with Gasteiger partial charge in [0.15, 0.2) is 23.0 Å². The Morgan fingerprint density at radius 2 is 0.328 bits per heavy atom. The molecule has 0 saturated heterocycles. The topological polar surface area (TPSA) is 205 Å². The van der Waals surface area contributed by atoms with Crippen LogP contribution in [0.1, 0.15) is 522 Å². The van der Waals surface area contributed by atoms with Crippen molar-refractivity contribution in [2.75, 3.05) is 62.5 Å². The molecule has 0 N–H and O–H groups in total. The monoisotopic (exact) mass is 1840 g/mol. The zero-order valence-electron chi connectivity index (χ0n) is 83.9. The van der Waals surface area contributed by atoms with Crippen molar-refractivity contribution < 1.29 is 66.8 Å². The normalized spacial score (nSPS) is 13.5. The fourth-order valence-electron chi connectivity index (χ4n) is 20.0. The highest BCUT2D eigenvalue weighted by Crippen LogP contribution is 2.49. The fourth-order valence-corrected chi connectivity index (χ4v) is 20.0. The summed E-state index contributed by atoms with van der Waals surface area (Å²) in [6.45, 7) is 15.9. The van der Waals surface area contributed by atoms with Crippen molar-refractivity contribution in [1.82, 2.24) is 9.80 Å². The first kappa shape index (κ1) is 107. The Labute approximate surface area is 806 Å². The standard InChI is InChI=1S/C116H170N4O14/c1-7-13-19-25-31-37-43-49-55-63-79-129-99-85-89(86-100(130-80-64-56-50-44-38-32-26-20-14-8-2)107(99)133-83-67-59-53-47-41-35-29-23-17-11-5)119-113(125)95-73-69-91-103-92(70-74-96(105(95)103)114(119)126)110(122)117(109(91)121)77-61-62-78-118-111(123)93-71-75-97-106-98(76-72-94(104(93)106)112(118)124)116(128)120(115(97)127)90-87-101(131-81-65-57-51-45-39-33-27-21-15-9-3)108(134-84-68-60-54-48-42-36-30-24-18-12-6)102(88-90)132-82-66-58-52-46-40-34-28-22-16-10-4/h69-76,85-88H,7-68,77-84H2,1-6H3. The molecule has 8 amide bonds. The van der Waals surface area contributed by atoms with Crippen LogP contribution in [-0.2, 0) is 0 Å². The lowest BCUT2D eigenvalue weighted by Crippen LogP contribution is -2.44. The summed E-state index contributed by atoms with van der Waals surface area (Å²) < 4.78 is 40.4. The summed E-state index contributed by atoms with van der Waals surface area (Å²) in [6, 6.07) is 19.5. The van der Waals surface area contributed by atoms with Crippen LogP contribution >= 0.6 is 0 Å². The minimum atomic E-state index is -0.618. The minimum absolute atomic E-state index is 0.0646. The molecule has 0 spiro atoms. The smallest absolute Gasteiger partial charge is 0.265 e. The Morgan fingerprint density at radius 1 is 0.179 bits per heavy atom. The Balaban J connectivity index is 0.825. The highest BCUT2D eigenvalue weighted by atomic mass is 16.5. The molecule has 4 heterocycles. The number of carbonyl (C=O) groups is 8. The molecule has 738 valence electrons. The lowest BCUT2D eigenvalue weighted by Gasteiger charge is -2.33. The van der Waals surface area contributed by atoms with Gasteiger partial charge in [0.2, 0.25) is 11.5 Å². The maximum atomic E-state index is 15.4. The van der Waals surface area contributed by atoms with Crippen LogP contribution < -0.4 is 38.2 Å². The molecular weight excluding hydrogens is 1670 g/mol. The van der Waals surface area contributed by atoms with Gasteiger partial charge in [-0.25, -0.2) is 9.80 Å². The molecular formula is C116H170N4O14. The molecule has 4 aliphatic heterocycles. The summed E-state index contributed by atoms with van der Waals surface area (Å²) in [5, 5.41) is 0.946. The van der Waals surface area contributed by atoms with Gasteiger partial charge in [0.25, 0.3) is 47.3 Å². The fraction of sp³-hybridized carbons (Fsp3) is 0.655. The van der Waals surface area contributed by atoms with Crippen molar-refractivity contribution in [3.8, 4) is 34.5 Å². The van der Waals surface area contributed by atoms with E-state index in [1.165, 1.54) is 270 Å². The average Bonchev–Trinajstić information content (AvgIpc) is 0.713. The highest BCUT2D eigenvalue weighted by molar-refractivity contribution is 6.41. The number of ether oxygens (including phenoxy) is 6. The third kappa shape index (κ3) is 31.9. The number of benzene rings is 6. The second-order valence-corrected chi connectivity index (χ2v) is 39.0. The first-order valence-electron chi connectivity index (χ1n) is 54.7. The maximum absolute atomic E-state index is 15.4. The lowest BCUT2D eigenvalue weighted by atomic mass is 9.85. The third-order valence-electron chi connectivity index (χ3n) is 28.0. The largest absolute Gasteiger partial charge is 0.489 e. The van der Waals surface area contributed by atoms with Gasteiger partial charge in [-0.2, -0.15) is 0 Å². The second-order valence-electron chi connectivity index (χ2n) is 39.0. The van der Waals surface area contributed by atoms with Crippen LogP contribution in [0.5, 0.6) is 34.5 Å². The number of hydrogen-bond donors (Lipinski definition) is 0. The zero-order chi connectivity index (χ0) is 94.7. The maximum Gasteiger partial charge on any atom is 0.265 e. The molecule has 10 rings (SSSR count). The van der Waals surface area contributed by atoms with Gasteiger partial charge < -0.3 is 28.4 Å². The minimum Gasteiger partial charge on any atom is -0.489 e. The van der Waals surface area contributed by atoms with E-state index in [0.29, 0.717) is 74.1 Å². The molecule has 18 nitrogen and oxygen atoms in total. The second kappa shape index (κ2) is 61.4. The van der Waals surface area contributed by atoms with E-state index < -0.39 is 47.3 Å². The summed E-state index contributed by atoms with van der Waals surface area (Å²) in [5.41, 5.74) is 1.86. The average molecular weight is 1840 g/mol. The van der Waals surface area contributed by atoms with Crippen LogP contribution in [0.15, 0.2) is 72.8 Å². The van der Waals surface area contributed by atoms with E-state index in [-0.39, 0.29) is 103 Å². The van der Waals surface area contributed by atoms with Crippen molar-refractivity contribution >= 4 is 80.2 Å².